The molecule has 52 valence electrons. The Labute approximate surface area is 67.3 Å². The van der Waals surface area contributed by atoms with Crippen molar-refractivity contribution in [3.63, 3.8) is 0 Å². The second-order valence-corrected chi connectivity index (χ2v) is 2.38. The van der Waals surface area contributed by atoms with Crippen LogP contribution in [-0.4, -0.2) is 0 Å². The zero-order valence-corrected chi connectivity index (χ0v) is 7.68. The normalized spacial score (nSPS) is 7.75. The molecule has 0 bridgehead atoms. The Morgan fingerprint density at radius 3 is 1.38 bits per heavy atom. The van der Waals surface area contributed by atoms with Crippen molar-refractivity contribution in [1.82, 2.24) is 6.15 Å². The van der Waals surface area contributed by atoms with Gasteiger partial charge in [-0.1, -0.05) is 20.8 Å². The maximum Gasteiger partial charge on any atom is 1.00 e. The van der Waals surface area contributed by atoms with Crippen molar-refractivity contribution in [2.75, 3.05) is 0 Å². The molecular weight excluding hydrogens is 283 g/mol. The predicted octanol–water partition coefficient (Wildman–Crippen LogP) is 1.78. The molecule has 0 rings (SSSR count). The van der Waals surface area contributed by atoms with Gasteiger partial charge in [0.05, 0.1) is 0 Å². The summed E-state index contributed by atoms with van der Waals surface area (Å²) in [5, 5.41) is 0. The average molecular weight is 295 g/mol. The van der Waals surface area contributed by atoms with Gasteiger partial charge in [-0.25, -0.2) is 0 Å². The van der Waals surface area contributed by atoms with Gasteiger partial charge in [-0.15, -0.1) is 0 Å². The Morgan fingerprint density at radius 1 is 1.25 bits per heavy atom. The molecule has 0 unspecified atom stereocenters. The van der Waals surface area contributed by atoms with Gasteiger partial charge in [0.25, 0.3) is 0 Å². The molecule has 0 heterocycles. The molecule has 1 nitrogen and oxygen atoms in total. The fraction of sp³-hybridized carbons (Fsp3) is 0.667. The minimum absolute atomic E-state index is 0. The van der Waals surface area contributed by atoms with Crippen LogP contribution >= 0.6 is 0 Å². The van der Waals surface area contributed by atoms with Gasteiger partial charge < -0.3 is 18.5 Å². The van der Waals surface area contributed by atoms with Crippen molar-refractivity contribution >= 4 is 0 Å². The van der Waals surface area contributed by atoms with Crippen LogP contribution in [0.25, 0.3) is 0 Å². The third kappa shape index (κ3) is 16.3. The molecule has 0 fully saturated rings. The van der Waals surface area contributed by atoms with Crippen molar-refractivity contribution in [2.45, 2.75) is 20.8 Å². The maximum absolute atomic E-state index is 6.60. The Balaban J connectivity index is -0.000000125. The van der Waals surface area contributed by atoms with E-state index < -0.39 is 0 Å². The molecule has 2 heteroatoms. The summed E-state index contributed by atoms with van der Waals surface area (Å²) in [7, 11) is 0. The van der Waals surface area contributed by atoms with Crippen LogP contribution in [-0.2, 0) is 22.4 Å². The van der Waals surface area contributed by atoms with E-state index in [1.54, 1.807) is 0 Å². The number of rotatable bonds is 0. The van der Waals surface area contributed by atoms with Crippen LogP contribution in [0.3, 0.4) is 0 Å². The third-order valence-electron chi connectivity index (χ3n) is 0.375. The smallest absolute Gasteiger partial charge is 0.693 e. The third-order valence-corrected chi connectivity index (χ3v) is 0.375. The van der Waals surface area contributed by atoms with Crippen molar-refractivity contribution in [2.24, 2.45) is 5.41 Å². The topological polar surface area (TPSA) is 35.0 Å². The molecular formula is C6H12AuN. The van der Waals surface area contributed by atoms with E-state index in [4.69, 9.17) is 6.42 Å². The molecule has 0 saturated carbocycles. The van der Waals surface area contributed by atoms with Crippen molar-refractivity contribution in [3.8, 4) is 5.92 Å². The van der Waals surface area contributed by atoms with Crippen LogP contribution in [0.15, 0.2) is 0 Å². The number of hydrogen-bond acceptors (Lipinski definition) is 1. The van der Waals surface area contributed by atoms with Gasteiger partial charge in [0, 0.05) is 0 Å². The minimum atomic E-state index is -0.0417. The molecule has 0 aliphatic carbocycles. The Bertz CT molecular complexity index is 75.5. The predicted molar refractivity (Wildman–Crippen MR) is 31.6 cm³/mol. The summed E-state index contributed by atoms with van der Waals surface area (Å²) in [5.74, 6) is 2.35. The molecule has 0 amide bonds. The largest absolute Gasteiger partial charge is 1.00 e. The van der Waals surface area contributed by atoms with E-state index in [-0.39, 0.29) is 33.9 Å². The van der Waals surface area contributed by atoms with Crippen molar-refractivity contribution in [1.29, 1.82) is 0 Å². The number of hydrogen-bond donors (Lipinski definition) is 1. The Hall–Kier alpha value is 0.260. The quantitative estimate of drug-likeness (QED) is 0.413. The SMILES string of the molecule is N.[Au+].[C-]#CC(C)(C)C. The van der Waals surface area contributed by atoms with Crippen LogP contribution < -0.4 is 6.15 Å². The summed E-state index contributed by atoms with van der Waals surface area (Å²) in [6.45, 7) is 5.83. The molecule has 3 N–H and O–H groups in total. The fourth-order valence-corrected chi connectivity index (χ4v) is 0. The Kier molecular flexibility index (Phi) is 10.6. The molecule has 0 atom stereocenters. The van der Waals surface area contributed by atoms with Gasteiger partial charge in [0.2, 0.25) is 0 Å². The summed E-state index contributed by atoms with van der Waals surface area (Å²) in [6.07, 6.45) is 6.60. The first-order valence-electron chi connectivity index (χ1n) is 2.00. The van der Waals surface area contributed by atoms with Gasteiger partial charge in [-0.2, -0.15) is 0 Å². The molecule has 0 radical (unpaired) electrons. The molecule has 0 spiro atoms. The van der Waals surface area contributed by atoms with E-state index in [2.05, 4.69) is 5.92 Å². The van der Waals surface area contributed by atoms with Gasteiger partial charge >= 0.3 is 22.4 Å². The summed E-state index contributed by atoms with van der Waals surface area (Å²) < 4.78 is 0. The summed E-state index contributed by atoms with van der Waals surface area (Å²) in [5.41, 5.74) is -0.0417. The molecule has 0 aliphatic heterocycles. The van der Waals surface area contributed by atoms with E-state index in [9.17, 15) is 0 Å². The van der Waals surface area contributed by atoms with Gasteiger partial charge in [0.1, 0.15) is 0 Å². The van der Waals surface area contributed by atoms with E-state index in [0.717, 1.165) is 0 Å². The molecule has 8 heavy (non-hydrogen) atoms. The first-order valence-corrected chi connectivity index (χ1v) is 2.00. The zero-order valence-electron chi connectivity index (χ0n) is 5.51. The van der Waals surface area contributed by atoms with Crippen LogP contribution in [0.4, 0.5) is 0 Å². The van der Waals surface area contributed by atoms with E-state index >= 15 is 0 Å². The van der Waals surface area contributed by atoms with Crippen LogP contribution in [0, 0.1) is 17.8 Å². The molecule has 0 saturated heterocycles. The van der Waals surface area contributed by atoms with Crippen LogP contribution in [0.1, 0.15) is 20.8 Å². The summed E-state index contributed by atoms with van der Waals surface area (Å²) in [4.78, 5) is 0. The average Bonchev–Trinajstić information content (AvgIpc) is 1.35. The fourth-order valence-electron chi connectivity index (χ4n) is 0. The standard InChI is InChI=1S/C6H9.Au.H3N/c1-5-6(2,3)4;;/h2-4H3;;1H3/q-1;+1;. The van der Waals surface area contributed by atoms with E-state index in [0.29, 0.717) is 0 Å². The molecule has 0 aromatic rings. The van der Waals surface area contributed by atoms with Gasteiger partial charge in [0.15, 0.2) is 0 Å². The van der Waals surface area contributed by atoms with Crippen LogP contribution in [0.5, 0.6) is 0 Å². The first-order chi connectivity index (χ1) is 2.56. The molecule has 0 aromatic carbocycles. The van der Waals surface area contributed by atoms with E-state index in [1.165, 1.54) is 0 Å². The minimum Gasteiger partial charge on any atom is -0.693 e. The van der Waals surface area contributed by atoms with E-state index in [1.807, 2.05) is 20.8 Å². The van der Waals surface area contributed by atoms with Crippen LogP contribution in [0.2, 0.25) is 0 Å². The molecule has 0 aliphatic rings. The Morgan fingerprint density at radius 2 is 1.38 bits per heavy atom. The summed E-state index contributed by atoms with van der Waals surface area (Å²) in [6, 6.07) is 0. The maximum atomic E-state index is 6.60. The van der Waals surface area contributed by atoms with Crippen molar-refractivity contribution in [3.05, 3.63) is 6.42 Å². The second-order valence-electron chi connectivity index (χ2n) is 2.38. The molecule has 0 aromatic heterocycles. The zero-order chi connectivity index (χ0) is 5.21. The van der Waals surface area contributed by atoms with Gasteiger partial charge in [-0.05, 0) is 5.41 Å². The first kappa shape index (κ1) is 15.7. The van der Waals surface area contributed by atoms with Crippen molar-refractivity contribution < 1.29 is 22.4 Å². The second kappa shape index (κ2) is 5.40. The van der Waals surface area contributed by atoms with Gasteiger partial charge in [-0.3, -0.25) is 0 Å². The monoisotopic (exact) mass is 295 g/mol. The summed E-state index contributed by atoms with van der Waals surface area (Å²) >= 11 is 0.